The third kappa shape index (κ3) is 5.17. The van der Waals surface area contributed by atoms with Gasteiger partial charge in [-0.25, -0.2) is 4.68 Å². The molecule has 1 aromatic heterocycles. The maximum Gasteiger partial charge on any atom is 0.266 e. The summed E-state index contributed by atoms with van der Waals surface area (Å²) in [5, 5.41) is 4.49. The van der Waals surface area contributed by atoms with Gasteiger partial charge in [-0.1, -0.05) is 30.3 Å². The predicted octanol–water partition coefficient (Wildman–Crippen LogP) is 3.05. The maximum absolute atomic E-state index is 12.7. The van der Waals surface area contributed by atoms with Gasteiger partial charge in [0.2, 0.25) is 5.91 Å². The van der Waals surface area contributed by atoms with Crippen molar-refractivity contribution in [2.45, 2.75) is 19.4 Å². The number of hydrogen-bond donors (Lipinski definition) is 0. The van der Waals surface area contributed by atoms with Crippen LogP contribution in [-0.4, -0.2) is 53.9 Å². The summed E-state index contributed by atoms with van der Waals surface area (Å²) in [6.07, 6.45) is 0.981. The van der Waals surface area contributed by atoms with Crippen LogP contribution in [0.5, 0.6) is 5.75 Å². The summed E-state index contributed by atoms with van der Waals surface area (Å²) in [4.78, 5) is 29.1. The highest BCUT2D eigenvalue weighted by molar-refractivity contribution is 5.76. The van der Waals surface area contributed by atoms with Crippen molar-refractivity contribution >= 4 is 11.6 Å². The van der Waals surface area contributed by atoms with E-state index in [0.29, 0.717) is 25.1 Å². The highest BCUT2D eigenvalue weighted by Gasteiger charge is 2.20. The Morgan fingerprint density at radius 3 is 2.50 bits per heavy atom. The number of aryl methyl sites for hydroxylation is 1. The molecule has 1 amide bonds. The molecule has 3 aromatic rings. The lowest BCUT2D eigenvalue weighted by Crippen LogP contribution is -2.48. The topological polar surface area (TPSA) is 67.7 Å². The molecule has 0 saturated carbocycles. The fourth-order valence-corrected chi connectivity index (χ4v) is 3.94. The van der Waals surface area contributed by atoms with Crippen molar-refractivity contribution in [3.05, 3.63) is 77.1 Å². The number of benzene rings is 2. The molecule has 0 N–H and O–H groups in total. The predicted molar refractivity (Wildman–Crippen MR) is 125 cm³/mol. The van der Waals surface area contributed by atoms with E-state index in [4.69, 9.17) is 4.74 Å². The Morgan fingerprint density at radius 2 is 1.75 bits per heavy atom. The normalized spacial score (nSPS) is 13.8. The number of para-hydroxylation sites is 1. The molecule has 0 atom stereocenters. The van der Waals surface area contributed by atoms with Gasteiger partial charge in [0, 0.05) is 56.5 Å². The van der Waals surface area contributed by atoms with E-state index in [1.54, 1.807) is 13.2 Å². The molecular formula is C25H28N4O3. The summed E-state index contributed by atoms with van der Waals surface area (Å²) in [6.45, 7) is 3.51. The van der Waals surface area contributed by atoms with Crippen LogP contribution in [0.3, 0.4) is 0 Å². The second-order valence-electron chi connectivity index (χ2n) is 7.82. The zero-order valence-corrected chi connectivity index (χ0v) is 18.3. The van der Waals surface area contributed by atoms with Crippen molar-refractivity contribution in [1.82, 2.24) is 14.7 Å². The van der Waals surface area contributed by atoms with Crippen molar-refractivity contribution in [3.8, 4) is 17.0 Å². The van der Waals surface area contributed by atoms with Crippen molar-refractivity contribution in [2.24, 2.45) is 0 Å². The summed E-state index contributed by atoms with van der Waals surface area (Å²) in [6, 6.07) is 21.1. The molecule has 1 fully saturated rings. The van der Waals surface area contributed by atoms with Crippen LogP contribution in [0.15, 0.2) is 71.5 Å². The van der Waals surface area contributed by atoms with Crippen molar-refractivity contribution in [1.29, 1.82) is 0 Å². The fourth-order valence-electron chi connectivity index (χ4n) is 3.94. The van der Waals surface area contributed by atoms with Crippen molar-refractivity contribution in [2.75, 3.05) is 38.2 Å². The minimum Gasteiger partial charge on any atom is -0.497 e. The van der Waals surface area contributed by atoms with E-state index < -0.39 is 0 Å². The minimum absolute atomic E-state index is 0.134. The molecule has 1 aliphatic rings. The zero-order valence-electron chi connectivity index (χ0n) is 18.3. The Labute approximate surface area is 187 Å². The van der Waals surface area contributed by atoms with Crippen LogP contribution in [0.1, 0.15) is 12.8 Å². The largest absolute Gasteiger partial charge is 0.497 e. The molecule has 7 heteroatoms. The Bertz CT molecular complexity index is 1110. The fraction of sp³-hybridized carbons (Fsp3) is 0.320. The lowest BCUT2D eigenvalue weighted by atomic mass is 10.1. The van der Waals surface area contributed by atoms with Crippen LogP contribution in [0.4, 0.5) is 5.69 Å². The smallest absolute Gasteiger partial charge is 0.266 e. The first-order valence-corrected chi connectivity index (χ1v) is 10.9. The summed E-state index contributed by atoms with van der Waals surface area (Å²) >= 11 is 0. The van der Waals surface area contributed by atoms with E-state index in [1.165, 1.54) is 16.4 Å². The van der Waals surface area contributed by atoms with Gasteiger partial charge in [0.25, 0.3) is 5.56 Å². The van der Waals surface area contributed by atoms with Crippen LogP contribution in [0.25, 0.3) is 11.3 Å². The van der Waals surface area contributed by atoms with Crippen LogP contribution in [0.2, 0.25) is 0 Å². The Hall–Kier alpha value is -3.61. The first-order valence-electron chi connectivity index (χ1n) is 10.9. The van der Waals surface area contributed by atoms with E-state index in [-0.39, 0.29) is 11.5 Å². The summed E-state index contributed by atoms with van der Waals surface area (Å²) < 4.78 is 6.71. The molecule has 2 aromatic carbocycles. The van der Waals surface area contributed by atoms with Crippen LogP contribution >= 0.6 is 0 Å². The molecule has 32 heavy (non-hydrogen) atoms. The monoisotopic (exact) mass is 432 g/mol. The summed E-state index contributed by atoms with van der Waals surface area (Å²) in [7, 11) is 1.62. The lowest BCUT2D eigenvalue weighted by molar-refractivity contribution is -0.131. The van der Waals surface area contributed by atoms with Crippen LogP contribution in [0, 0.1) is 0 Å². The molecule has 1 aliphatic heterocycles. The third-order valence-electron chi connectivity index (χ3n) is 5.75. The van der Waals surface area contributed by atoms with Crippen LogP contribution < -0.4 is 15.2 Å². The van der Waals surface area contributed by atoms with Crippen LogP contribution in [-0.2, 0) is 11.3 Å². The first kappa shape index (κ1) is 21.6. The van der Waals surface area contributed by atoms with Gasteiger partial charge in [-0.2, -0.15) is 5.10 Å². The lowest BCUT2D eigenvalue weighted by Gasteiger charge is -2.36. The van der Waals surface area contributed by atoms with Gasteiger partial charge in [0.05, 0.1) is 12.8 Å². The van der Waals surface area contributed by atoms with Gasteiger partial charge in [-0.15, -0.1) is 0 Å². The van der Waals surface area contributed by atoms with Crippen molar-refractivity contribution < 1.29 is 9.53 Å². The number of carbonyl (C=O) groups is 1. The van der Waals surface area contributed by atoms with Crippen molar-refractivity contribution in [3.63, 3.8) is 0 Å². The molecule has 2 heterocycles. The second kappa shape index (κ2) is 10.1. The maximum atomic E-state index is 12.7. The number of carbonyl (C=O) groups excluding carboxylic acids is 1. The molecule has 0 bridgehead atoms. The minimum atomic E-state index is -0.166. The molecule has 4 rings (SSSR count). The van der Waals surface area contributed by atoms with Gasteiger partial charge in [-0.3, -0.25) is 9.59 Å². The Morgan fingerprint density at radius 1 is 0.969 bits per heavy atom. The van der Waals surface area contributed by atoms with E-state index >= 15 is 0 Å². The molecule has 7 nitrogen and oxygen atoms in total. The van der Waals surface area contributed by atoms with Gasteiger partial charge in [-0.05, 0) is 36.8 Å². The van der Waals surface area contributed by atoms with E-state index in [1.807, 2.05) is 47.4 Å². The molecule has 0 unspecified atom stereocenters. The molecule has 0 radical (unpaired) electrons. The average Bonchev–Trinajstić information content (AvgIpc) is 2.85. The highest BCUT2D eigenvalue weighted by Crippen LogP contribution is 2.21. The highest BCUT2D eigenvalue weighted by atomic mass is 16.5. The molecule has 0 aliphatic carbocycles. The summed E-state index contributed by atoms with van der Waals surface area (Å²) in [5.74, 6) is 0.870. The number of amides is 1. The van der Waals surface area contributed by atoms with E-state index in [2.05, 4.69) is 22.1 Å². The SMILES string of the molecule is COc1cccc(-c2ccc(=O)n(CCCC(=O)N3CCN(c4ccccc4)CC3)n2)c1. The summed E-state index contributed by atoms with van der Waals surface area (Å²) in [5.41, 5.74) is 2.61. The number of nitrogens with zero attached hydrogens (tertiary/aromatic N) is 4. The number of anilines is 1. The third-order valence-corrected chi connectivity index (χ3v) is 5.75. The van der Waals surface area contributed by atoms with Gasteiger partial charge >= 0.3 is 0 Å². The average molecular weight is 433 g/mol. The number of piperazine rings is 1. The Balaban J connectivity index is 1.30. The number of aromatic nitrogens is 2. The quantitative estimate of drug-likeness (QED) is 0.574. The Kier molecular flexibility index (Phi) is 6.84. The van der Waals surface area contributed by atoms with E-state index in [0.717, 1.165) is 37.5 Å². The molecule has 0 spiro atoms. The van der Waals surface area contributed by atoms with Gasteiger partial charge in [0.1, 0.15) is 5.75 Å². The standard InChI is InChI=1S/C25H28N4O3/c1-32-22-10-5-7-20(19-22)23-12-13-25(31)29(26-23)14-6-11-24(30)28-17-15-27(16-18-28)21-8-3-2-4-9-21/h2-5,7-10,12-13,19H,6,11,14-18H2,1H3. The number of hydrogen-bond acceptors (Lipinski definition) is 5. The van der Waals surface area contributed by atoms with Gasteiger partial charge < -0.3 is 14.5 Å². The second-order valence-corrected chi connectivity index (χ2v) is 7.82. The number of methoxy groups -OCH3 is 1. The number of ether oxygens (including phenoxy) is 1. The first-order chi connectivity index (χ1) is 15.6. The zero-order chi connectivity index (χ0) is 22.3. The molecular weight excluding hydrogens is 404 g/mol. The van der Waals surface area contributed by atoms with E-state index in [9.17, 15) is 9.59 Å². The molecule has 1 saturated heterocycles. The molecule has 166 valence electrons. The van der Waals surface area contributed by atoms with Gasteiger partial charge in [0.15, 0.2) is 0 Å². The number of rotatable bonds is 7.